The number of benzene rings is 1. The number of carbonyl (C=O) groups excluding carboxylic acids is 1. The minimum absolute atomic E-state index is 0.0327. The molecule has 0 saturated carbocycles. The van der Waals surface area contributed by atoms with Crippen LogP contribution < -0.4 is 5.73 Å². The van der Waals surface area contributed by atoms with Crippen LogP contribution in [-0.2, 0) is 0 Å². The van der Waals surface area contributed by atoms with Gasteiger partial charge < -0.3 is 10.6 Å². The number of anilines is 1. The fourth-order valence-electron chi connectivity index (χ4n) is 2.28. The van der Waals surface area contributed by atoms with E-state index < -0.39 is 0 Å². The normalized spacial score (nSPS) is 16.9. The first-order valence-electron chi connectivity index (χ1n) is 6.57. The van der Waals surface area contributed by atoms with E-state index in [4.69, 9.17) is 17.3 Å². The summed E-state index contributed by atoms with van der Waals surface area (Å²) in [5.41, 5.74) is 6.77. The average Bonchev–Trinajstić information content (AvgIpc) is 2.41. The van der Waals surface area contributed by atoms with Crippen LogP contribution in [0.3, 0.4) is 0 Å². The van der Waals surface area contributed by atoms with E-state index in [1.807, 2.05) is 4.90 Å². The van der Waals surface area contributed by atoms with Crippen LogP contribution in [0.15, 0.2) is 18.2 Å². The molecule has 0 bridgehead atoms. The molecule has 19 heavy (non-hydrogen) atoms. The summed E-state index contributed by atoms with van der Waals surface area (Å²) in [6, 6.07) is 5.59. The molecular weight excluding hydrogens is 262 g/mol. The molecule has 1 heterocycles. The number of nitrogen functional groups attached to an aromatic ring is 1. The van der Waals surface area contributed by atoms with Crippen molar-refractivity contribution < 1.29 is 4.79 Å². The number of hydrogen-bond acceptors (Lipinski definition) is 3. The molecule has 104 valence electrons. The molecule has 0 unspecified atom stereocenters. The lowest BCUT2D eigenvalue weighted by molar-refractivity contribution is 0.0595. The van der Waals surface area contributed by atoms with Gasteiger partial charge in [0.05, 0.1) is 10.7 Å². The third kappa shape index (κ3) is 3.19. The quantitative estimate of drug-likeness (QED) is 0.845. The number of piperazine rings is 1. The Balaban J connectivity index is 2.03. The third-order valence-electron chi connectivity index (χ3n) is 3.58. The van der Waals surface area contributed by atoms with Gasteiger partial charge in [-0.15, -0.1) is 0 Å². The zero-order valence-corrected chi connectivity index (χ0v) is 12.2. The van der Waals surface area contributed by atoms with Gasteiger partial charge in [-0.1, -0.05) is 11.6 Å². The molecule has 1 fully saturated rings. The Kier molecular flexibility index (Phi) is 4.32. The van der Waals surface area contributed by atoms with Crippen LogP contribution in [0, 0.1) is 0 Å². The van der Waals surface area contributed by atoms with Gasteiger partial charge >= 0.3 is 0 Å². The summed E-state index contributed by atoms with van der Waals surface area (Å²) in [7, 11) is 0. The van der Waals surface area contributed by atoms with Crippen LogP contribution in [0.2, 0.25) is 5.02 Å². The van der Waals surface area contributed by atoms with E-state index in [1.165, 1.54) is 0 Å². The van der Waals surface area contributed by atoms with Crippen LogP contribution in [0.1, 0.15) is 24.2 Å². The van der Waals surface area contributed by atoms with Crippen LogP contribution in [0.25, 0.3) is 0 Å². The van der Waals surface area contributed by atoms with Crippen molar-refractivity contribution >= 4 is 23.2 Å². The minimum Gasteiger partial charge on any atom is -0.398 e. The van der Waals surface area contributed by atoms with Gasteiger partial charge in [0.15, 0.2) is 0 Å². The second-order valence-corrected chi connectivity index (χ2v) is 5.57. The molecule has 0 radical (unpaired) electrons. The van der Waals surface area contributed by atoms with Crippen molar-refractivity contribution in [2.45, 2.75) is 19.9 Å². The first kappa shape index (κ1) is 14.2. The van der Waals surface area contributed by atoms with E-state index in [0.717, 1.165) is 26.2 Å². The van der Waals surface area contributed by atoms with Gasteiger partial charge in [-0.2, -0.15) is 0 Å². The summed E-state index contributed by atoms with van der Waals surface area (Å²) in [6.07, 6.45) is 0. The zero-order valence-electron chi connectivity index (χ0n) is 11.4. The van der Waals surface area contributed by atoms with Crippen LogP contribution in [0.4, 0.5) is 5.69 Å². The molecular formula is C14H20ClN3O. The van der Waals surface area contributed by atoms with Gasteiger partial charge in [-0.25, -0.2) is 0 Å². The Bertz CT molecular complexity index is 468. The standard InChI is InChI=1S/C14H20ClN3O/c1-10(2)17-5-7-18(8-6-17)14(19)11-3-4-13(16)12(15)9-11/h3-4,9-10H,5-8,16H2,1-2H3. The number of nitrogens with zero attached hydrogens (tertiary/aromatic N) is 2. The molecule has 2 N–H and O–H groups in total. The van der Waals surface area contributed by atoms with Crippen molar-refractivity contribution in [3.63, 3.8) is 0 Å². The second-order valence-electron chi connectivity index (χ2n) is 5.16. The number of hydrogen-bond donors (Lipinski definition) is 1. The average molecular weight is 282 g/mol. The Labute approximate surface area is 119 Å². The maximum Gasteiger partial charge on any atom is 0.253 e. The molecule has 1 saturated heterocycles. The Morgan fingerprint density at radius 3 is 2.42 bits per heavy atom. The molecule has 1 aliphatic heterocycles. The highest BCUT2D eigenvalue weighted by atomic mass is 35.5. The van der Waals surface area contributed by atoms with Crippen molar-refractivity contribution in [1.29, 1.82) is 0 Å². The number of halogens is 1. The van der Waals surface area contributed by atoms with Crippen molar-refractivity contribution in [2.75, 3.05) is 31.9 Å². The first-order chi connectivity index (χ1) is 8.99. The highest BCUT2D eigenvalue weighted by molar-refractivity contribution is 6.33. The molecule has 5 heteroatoms. The summed E-state index contributed by atoms with van der Waals surface area (Å²) < 4.78 is 0. The number of nitrogens with two attached hydrogens (primary N) is 1. The first-order valence-corrected chi connectivity index (χ1v) is 6.95. The van der Waals surface area contributed by atoms with Gasteiger partial charge in [0, 0.05) is 37.8 Å². The van der Waals surface area contributed by atoms with Gasteiger partial charge in [0.2, 0.25) is 0 Å². The van der Waals surface area contributed by atoms with E-state index in [1.54, 1.807) is 18.2 Å². The summed E-state index contributed by atoms with van der Waals surface area (Å²) in [4.78, 5) is 16.6. The van der Waals surface area contributed by atoms with Crippen LogP contribution in [0.5, 0.6) is 0 Å². The molecule has 4 nitrogen and oxygen atoms in total. The zero-order chi connectivity index (χ0) is 14.0. The van der Waals surface area contributed by atoms with Gasteiger partial charge in [-0.05, 0) is 32.0 Å². The van der Waals surface area contributed by atoms with Crippen molar-refractivity contribution in [3.05, 3.63) is 28.8 Å². The maximum absolute atomic E-state index is 12.3. The van der Waals surface area contributed by atoms with E-state index in [-0.39, 0.29) is 5.91 Å². The van der Waals surface area contributed by atoms with E-state index >= 15 is 0 Å². The molecule has 0 spiro atoms. The number of carbonyl (C=O) groups is 1. The predicted molar refractivity (Wildman–Crippen MR) is 78.5 cm³/mol. The summed E-state index contributed by atoms with van der Waals surface area (Å²) >= 11 is 5.96. The lowest BCUT2D eigenvalue weighted by Crippen LogP contribution is -2.50. The van der Waals surface area contributed by atoms with Gasteiger partial charge in [0.25, 0.3) is 5.91 Å². The Hall–Kier alpha value is -1.26. The molecule has 1 aliphatic rings. The smallest absolute Gasteiger partial charge is 0.253 e. The van der Waals surface area contributed by atoms with Gasteiger partial charge in [0.1, 0.15) is 0 Å². The molecule has 0 atom stereocenters. The monoisotopic (exact) mass is 281 g/mol. The maximum atomic E-state index is 12.3. The second kappa shape index (κ2) is 5.80. The summed E-state index contributed by atoms with van der Waals surface area (Å²) in [5, 5.41) is 0.437. The molecule has 1 amide bonds. The fourth-order valence-corrected chi connectivity index (χ4v) is 2.46. The van der Waals surface area contributed by atoms with E-state index in [9.17, 15) is 4.79 Å². The van der Waals surface area contributed by atoms with E-state index in [0.29, 0.717) is 22.3 Å². The van der Waals surface area contributed by atoms with Crippen LogP contribution in [-0.4, -0.2) is 47.9 Å². The lowest BCUT2D eigenvalue weighted by Gasteiger charge is -2.37. The Morgan fingerprint density at radius 1 is 1.26 bits per heavy atom. The van der Waals surface area contributed by atoms with Crippen LogP contribution >= 0.6 is 11.6 Å². The predicted octanol–water partition coefficient (Wildman–Crippen LogP) is 2.09. The van der Waals surface area contributed by atoms with E-state index in [2.05, 4.69) is 18.7 Å². The molecule has 0 aromatic heterocycles. The largest absolute Gasteiger partial charge is 0.398 e. The SMILES string of the molecule is CC(C)N1CCN(C(=O)c2ccc(N)c(Cl)c2)CC1. The third-order valence-corrected chi connectivity index (χ3v) is 3.91. The Morgan fingerprint density at radius 2 is 1.89 bits per heavy atom. The molecule has 0 aliphatic carbocycles. The number of rotatable bonds is 2. The lowest BCUT2D eigenvalue weighted by atomic mass is 10.1. The topological polar surface area (TPSA) is 49.6 Å². The summed E-state index contributed by atoms with van der Waals surface area (Å²) in [5.74, 6) is 0.0327. The molecule has 1 aromatic rings. The number of amides is 1. The fraction of sp³-hybridized carbons (Fsp3) is 0.500. The van der Waals surface area contributed by atoms with Crippen molar-refractivity contribution in [3.8, 4) is 0 Å². The summed E-state index contributed by atoms with van der Waals surface area (Å²) in [6.45, 7) is 7.73. The van der Waals surface area contributed by atoms with Crippen molar-refractivity contribution in [2.24, 2.45) is 0 Å². The highest BCUT2D eigenvalue weighted by Gasteiger charge is 2.23. The molecule has 1 aromatic carbocycles. The van der Waals surface area contributed by atoms with Gasteiger partial charge in [-0.3, -0.25) is 9.69 Å². The highest BCUT2D eigenvalue weighted by Crippen LogP contribution is 2.21. The molecule has 2 rings (SSSR count). The minimum atomic E-state index is 0.0327. The van der Waals surface area contributed by atoms with Crippen molar-refractivity contribution in [1.82, 2.24) is 9.80 Å².